The van der Waals surface area contributed by atoms with Gasteiger partial charge < -0.3 is 27.2 Å². The molecule has 0 aromatic rings. The summed E-state index contributed by atoms with van der Waals surface area (Å²) in [4.78, 5) is 34.6. The van der Waals surface area contributed by atoms with E-state index in [9.17, 15) is 14.4 Å². The van der Waals surface area contributed by atoms with Gasteiger partial charge in [-0.1, -0.05) is 19.3 Å². The zero-order valence-corrected chi connectivity index (χ0v) is 18.2. The number of ketones is 2. The van der Waals surface area contributed by atoms with Gasteiger partial charge in [-0.25, -0.2) is 0 Å². The van der Waals surface area contributed by atoms with E-state index in [-0.39, 0.29) is 56.3 Å². The van der Waals surface area contributed by atoms with Crippen LogP contribution in [0.3, 0.4) is 0 Å². The number of carbonyl (C=O) groups is 3. The molecule has 3 rings (SSSR count). The van der Waals surface area contributed by atoms with Gasteiger partial charge in [0.15, 0.2) is 17.5 Å². The monoisotopic (exact) mass is 569 g/mol. The molecule has 3 fully saturated rings. The summed E-state index contributed by atoms with van der Waals surface area (Å²) in [7, 11) is 0. The zero-order chi connectivity index (χ0) is 17.7. The minimum atomic E-state index is -1.16. The molecule has 8 nitrogen and oxygen atoms in total. The third kappa shape index (κ3) is 7.70. The third-order valence-electron chi connectivity index (χ3n) is 5.42. The van der Waals surface area contributed by atoms with Crippen molar-refractivity contribution < 1.29 is 51.1 Å². The van der Waals surface area contributed by atoms with Gasteiger partial charge in [0.25, 0.3) is 0 Å². The Morgan fingerprint density at radius 3 is 1.81 bits per heavy atom. The second-order valence-corrected chi connectivity index (χ2v) is 7.46. The van der Waals surface area contributed by atoms with Crippen molar-refractivity contribution in [1.29, 1.82) is 0 Å². The van der Waals surface area contributed by atoms with Gasteiger partial charge in [-0.3, -0.25) is 14.4 Å². The van der Waals surface area contributed by atoms with Gasteiger partial charge >= 0.3 is 5.97 Å². The molecule has 27 heavy (non-hydrogen) atoms. The van der Waals surface area contributed by atoms with E-state index in [0.717, 1.165) is 44.9 Å². The first kappa shape index (κ1) is 28.5. The van der Waals surface area contributed by atoms with Gasteiger partial charge in [0.2, 0.25) is 0 Å². The van der Waals surface area contributed by atoms with E-state index in [1.807, 2.05) is 0 Å². The quantitative estimate of drug-likeness (QED) is 0.331. The van der Waals surface area contributed by atoms with Gasteiger partial charge in [0, 0.05) is 39.6 Å². The normalized spacial score (nSPS) is 28.9. The summed E-state index contributed by atoms with van der Waals surface area (Å²) >= 11 is 0. The first-order chi connectivity index (χ1) is 11.3. The van der Waals surface area contributed by atoms with Gasteiger partial charge in [0.05, 0.1) is 0 Å². The largest absolute Gasteiger partial charge is 0.458 e. The van der Waals surface area contributed by atoms with Crippen LogP contribution < -0.4 is 11.5 Å². The number of carbonyl (C=O) groups excluding carboxylic acids is 3. The molecule has 1 saturated heterocycles. The molecular formula is C18H34N2O6Pt. The molecule has 1 heterocycles. The Balaban J connectivity index is 0. The Morgan fingerprint density at radius 1 is 0.963 bits per heavy atom. The third-order valence-corrected chi connectivity index (χ3v) is 5.42. The molecule has 3 atom stereocenters. The smallest absolute Gasteiger partial charge is 0.324 e. The number of ether oxygens (including phenoxy) is 1. The molecule has 1 aliphatic heterocycles. The average molecular weight is 570 g/mol. The molecule has 0 aromatic heterocycles. The predicted octanol–water partition coefficient (Wildman–Crippen LogP) is -0.0264. The molecule has 0 bridgehead atoms. The number of Topliss-reactive ketones (excluding diaryl/α,β-unsaturated/α-hetero) is 2. The van der Waals surface area contributed by atoms with Crippen LogP contribution in [0.4, 0.5) is 0 Å². The Morgan fingerprint density at radius 2 is 1.44 bits per heavy atom. The first-order valence-corrected chi connectivity index (χ1v) is 9.12. The van der Waals surface area contributed by atoms with E-state index in [4.69, 9.17) is 16.2 Å². The van der Waals surface area contributed by atoms with Crippen LogP contribution in [0.5, 0.6) is 0 Å². The summed E-state index contributed by atoms with van der Waals surface area (Å²) in [6, 6.07) is 0.562. The van der Waals surface area contributed by atoms with Crippen LogP contribution in [0.2, 0.25) is 0 Å². The second-order valence-electron chi connectivity index (χ2n) is 7.46. The SMILES string of the molecule is CC(=O)C1C(=O)CC2(CCCCC2)OC1=O.N[C@@H]1CCCC[C@H]1N.O.O.[Pt]. The molecule has 0 radical (unpaired) electrons. The number of esters is 1. The summed E-state index contributed by atoms with van der Waals surface area (Å²) in [5, 5.41) is 0. The van der Waals surface area contributed by atoms with Crippen molar-refractivity contribution in [2.24, 2.45) is 17.4 Å². The van der Waals surface area contributed by atoms with Crippen molar-refractivity contribution in [1.82, 2.24) is 0 Å². The molecular weight excluding hydrogens is 535 g/mol. The Kier molecular flexibility index (Phi) is 13.5. The summed E-state index contributed by atoms with van der Waals surface area (Å²) in [5.74, 6) is -2.45. The number of hydrogen-bond acceptors (Lipinski definition) is 6. The Hall–Kier alpha value is -0.662. The van der Waals surface area contributed by atoms with Crippen molar-refractivity contribution in [2.45, 2.75) is 88.8 Å². The van der Waals surface area contributed by atoms with E-state index in [1.54, 1.807) is 0 Å². The van der Waals surface area contributed by atoms with Crippen molar-refractivity contribution in [3.63, 3.8) is 0 Å². The van der Waals surface area contributed by atoms with Crippen LogP contribution in [0.1, 0.15) is 71.1 Å². The molecule has 2 aliphatic carbocycles. The van der Waals surface area contributed by atoms with Gasteiger partial charge in [-0.15, -0.1) is 0 Å². The molecule has 0 amide bonds. The van der Waals surface area contributed by atoms with Crippen LogP contribution in [-0.4, -0.2) is 46.2 Å². The summed E-state index contributed by atoms with van der Waals surface area (Å²) in [6.07, 6.45) is 9.65. The van der Waals surface area contributed by atoms with Crippen LogP contribution in [0.25, 0.3) is 0 Å². The fourth-order valence-electron chi connectivity index (χ4n) is 3.92. The van der Waals surface area contributed by atoms with E-state index in [0.29, 0.717) is 0 Å². The maximum absolute atomic E-state index is 11.8. The van der Waals surface area contributed by atoms with Crippen LogP contribution >= 0.6 is 0 Å². The van der Waals surface area contributed by atoms with E-state index >= 15 is 0 Å². The number of rotatable bonds is 1. The molecule has 3 aliphatic rings. The molecule has 2 saturated carbocycles. The Labute approximate surface area is 175 Å². The summed E-state index contributed by atoms with van der Waals surface area (Å²) in [5.41, 5.74) is 10.7. The maximum Gasteiger partial charge on any atom is 0.324 e. The van der Waals surface area contributed by atoms with Crippen molar-refractivity contribution >= 4 is 17.5 Å². The number of nitrogens with two attached hydrogens (primary N) is 2. The van der Waals surface area contributed by atoms with Crippen LogP contribution in [-0.2, 0) is 40.2 Å². The number of hydrogen-bond donors (Lipinski definition) is 2. The standard InChI is InChI=1S/C12H16O4.C6H14N2.2H2O.Pt/c1-8(13)10-9(14)7-12(16-11(10)15)5-3-2-4-6-12;7-5-3-1-2-4-6(5)8;;;/h10H,2-7H2,1H3;5-6H,1-4,7-8H2;2*1H2;/t;5-,6-;;;/m.1.../s1. The zero-order valence-electron chi connectivity index (χ0n) is 15.9. The molecule has 0 aromatic carbocycles. The second kappa shape index (κ2) is 12.7. The van der Waals surface area contributed by atoms with E-state index in [2.05, 4.69) is 0 Å². The predicted molar refractivity (Wildman–Crippen MR) is 97.3 cm³/mol. The fourth-order valence-corrected chi connectivity index (χ4v) is 3.92. The summed E-state index contributed by atoms with van der Waals surface area (Å²) < 4.78 is 5.38. The first-order valence-electron chi connectivity index (χ1n) is 9.12. The van der Waals surface area contributed by atoms with Crippen molar-refractivity contribution in [2.75, 3.05) is 0 Å². The maximum atomic E-state index is 11.8. The van der Waals surface area contributed by atoms with E-state index < -0.39 is 23.3 Å². The minimum Gasteiger partial charge on any atom is -0.458 e. The van der Waals surface area contributed by atoms with Crippen LogP contribution in [0, 0.1) is 5.92 Å². The van der Waals surface area contributed by atoms with Crippen molar-refractivity contribution in [3.05, 3.63) is 0 Å². The summed E-state index contributed by atoms with van der Waals surface area (Å²) in [6.45, 7) is 1.27. The van der Waals surface area contributed by atoms with E-state index in [1.165, 1.54) is 19.8 Å². The van der Waals surface area contributed by atoms with Gasteiger partial charge in [-0.05, 0) is 45.4 Å². The topological polar surface area (TPSA) is 175 Å². The molecule has 9 heteroatoms. The molecule has 162 valence electrons. The molecule has 1 spiro atoms. The average Bonchev–Trinajstić information content (AvgIpc) is 2.50. The molecule has 8 N–H and O–H groups in total. The fraction of sp³-hybridized carbons (Fsp3) is 0.833. The Bertz CT molecular complexity index is 466. The molecule has 1 unspecified atom stereocenters. The van der Waals surface area contributed by atoms with Gasteiger partial charge in [0.1, 0.15) is 5.60 Å². The minimum absolute atomic E-state index is 0. The van der Waals surface area contributed by atoms with Crippen molar-refractivity contribution in [3.8, 4) is 0 Å². The van der Waals surface area contributed by atoms with Gasteiger partial charge in [-0.2, -0.15) is 0 Å². The van der Waals surface area contributed by atoms with Crippen LogP contribution in [0.15, 0.2) is 0 Å².